The Morgan fingerprint density at radius 3 is 2.57 bits per heavy atom. The van der Waals surface area contributed by atoms with Crippen LogP contribution in [0, 0.1) is 12.3 Å². The lowest BCUT2D eigenvalue weighted by atomic mass is 9.79. The molecule has 0 spiro atoms. The summed E-state index contributed by atoms with van der Waals surface area (Å²) in [6, 6.07) is 8.66. The first-order valence-electron chi connectivity index (χ1n) is 10.6. The molecule has 2 rings (SSSR count). The minimum absolute atomic E-state index is 0.0686. The molecule has 0 fully saturated rings. The number of hydrogen-bond acceptors (Lipinski definition) is 4. The molecule has 0 saturated carbocycles. The van der Waals surface area contributed by atoms with E-state index >= 15 is 0 Å². The topological polar surface area (TPSA) is 61.7 Å². The van der Waals surface area contributed by atoms with Crippen LogP contribution < -0.4 is 5.32 Å². The Morgan fingerprint density at radius 2 is 1.82 bits per heavy atom. The highest BCUT2D eigenvalue weighted by Crippen LogP contribution is 2.30. The van der Waals surface area contributed by atoms with Gasteiger partial charge in [0.1, 0.15) is 0 Å². The highest BCUT2D eigenvalue weighted by Gasteiger charge is 2.28. The van der Waals surface area contributed by atoms with Crippen molar-refractivity contribution >= 4 is 0 Å². The van der Waals surface area contributed by atoms with Crippen LogP contribution in [-0.2, 0) is 11.2 Å². The molecule has 0 bridgehead atoms. The molecule has 1 aromatic rings. The highest BCUT2D eigenvalue weighted by atomic mass is 16.5. The number of ether oxygens (including phenoxy) is 1. The molecule has 0 amide bonds. The molecule has 1 unspecified atom stereocenters. The quantitative estimate of drug-likeness (QED) is 0.427. The summed E-state index contributed by atoms with van der Waals surface area (Å²) in [5.41, 5.74) is 3.36. The van der Waals surface area contributed by atoms with Crippen molar-refractivity contribution in [3.05, 3.63) is 59.2 Å². The number of nitrogens with one attached hydrogen (secondary N) is 1. The summed E-state index contributed by atoms with van der Waals surface area (Å²) in [6.45, 7) is 5.63. The Balaban J connectivity index is 1.44. The van der Waals surface area contributed by atoms with E-state index in [1.807, 2.05) is 12.2 Å². The second-order valence-electron chi connectivity index (χ2n) is 7.98. The fourth-order valence-electron chi connectivity index (χ4n) is 3.54. The Kier molecular flexibility index (Phi) is 10.5. The summed E-state index contributed by atoms with van der Waals surface area (Å²) in [5, 5.41) is 22.6. The first kappa shape index (κ1) is 22.8. The van der Waals surface area contributed by atoms with Gasteiger partial charge in [0.2, 0.25) is 0 Å². The molecule has 28 heavy (non-hydrogen) atoms. The first-order chi connectivity index (χ1) is 13.7. The van der Waals surface area contributed by atoms with Crippen LogP contribution in [0.4, 0.5) is 0 Å². The average molecular weight is 388 g/mol. The lowest BCUT2D eigenvalue weighted by Gasteiger charge is -2.32. The van der Waals surface area contributed by atoms with Crippen molar-refractivity contribution in [2.75, 3.05) is 39.5 Å². The zero-order chi connectivity index (χ0) is 20.1. The Bertz CT molecular complexity index is 609. The standard InChI is InChI=1S/C24H37NO3/c1-21-8-10-22(11-9-21)12-16-28-15-5-3-2-4-14-25-19-24(20-27)13-6-7-23(17-24)18-26/h6-11,13,25-27H,2-5,12,14-20H2,1H3. The third-order valence-corrected chi connectivity index (χ3v) is 5.40. The van der Waals surface area contributed by atoms with Crippen LogP contribution in [0.3, 0.4) is 0 Å². The van der Waals surface area contributed by atoms with E-state index in [1.54, 1.807) is 0 Å². The van der Waals surface area contributed by atoms with Crippen molar-refractivity contribution in [1.29, 1.82) is 0 Å². The summed E-state index contributed by atoms with van der Waals surface area (Å²) in [4.78, 5) is 0. The van der Waals surface area contributed by atoms with Crippen LogP contribution in [0.25, 0.3) is 0 Å². The number of hydrogen-bond donors (Lipinski definition) is 3. The van der Waals surface area contributed by atoms with Crippen LogP contribution >= 0.6 is 0 Å². The van der Waals surface area contributed by atoms with Crippen LogP contribution in [0.15, 0.2) is 48.1 Å². The summed E-state index contributed by atoms with van der Waals surface area (Å²) in [7, 11) is 0. The van der Waals surface area contributed by atoms with Gasteiger partial charge in [-0.05, 0) is 50.3 Å². The van der Waals surface area contributed by atoms with Gasteiger partial charge in [0.15, 0.2) is 0 Å². The summed E-state index contributed by atoms with van der Waals surface area (Å²) >= 11 is 0. The molecule has 4 nitrogen and oxygen atoms in total. The lowest BCUT2D eigenvalue weighted by molar-refractivity contribution is 0.132. The minimum atomic E-state index is -0.266. The molecular weight excluding hydrogens is 350 g/mol. The molecule has 0 radical (unpaired) electrons. The lowest BCUT2D eigenvalue weighted by Crippen LogP contribution is -2.37. The maximum absolute atomic E-state index is 9.77. The van der Waals surface area contributed by atoms with Gasteiger partial charge in [-0.25, -0.2) is 0 Å². The maximum Gasteiger partial charge on any atom is 0.0645 e. The first-order valence-corrected chi connectivity index (χ1v) is 10.6. The zero-order valence-corrected chi connectivity index (χ0v) is 17.3. The molecule has 3 N–H and O–H groups in total. The number of rotatable bonds is 14. The molecule has 0 saturated heterocycles. The smallest absolute Gasteiger partial charge is 0.0645 e. The number of benzene rings is 1. The predicted octanol–water partition coefficient (Wildman–Crippen LogP) is 3.56. The van der Waals surface area contributed by atoms with E-state index in [-0.39, 0.29) is 18.6 Å². The number of aryl methyl sites for hydroxylation is 1. The van der Waals surface area contributed by atoms with Crippen molar-refractivity contribution in [2.45, 2.75) is 45.4 Å². The van der Waals surface area contributed by atoms with Crippen molar-refractivity contribution < 1.29 is 14.9 Å². The van der Waals surface area contributed by atoms with Crippen molar-refractivity contribution in [3.63, 3.8) is 0 Å². The van der Waals surface area contributed by atoms with Gasteiger partial charge in [-0.2, -0.15) is 0 Å². The summed E-state index contributed by atoms with van der Waals surface area (Å²) in [5.74, 6) is 0. The largest absolute Gasteiger partial charge is 0.395 e. The Hall–Kier alpha value is -1.46. The fourth-order valence-corrected chi connectivity index (χ4v) is 3.54. The van der Waals surface area contributed by atoms with E-state index in [4.69, 9.17) is 4.74 Å². The van der Waals surface area contributed by atoms with Gasteiger partial charge in [0, 0.05) is 18.6 Å². The maximum atomic E-state index is 9.77. The van der Waals surface area contributed by atoms with Crippen molar-refractivity contribution in [2.24, 2.45) is 5.41 Å². The van der Waals surface area contributed by atoms with Gasteiger partial charge < -0.3 is 20.3 Å². The van der Waals surface area contributed by atoms with Crippen LogP contribution in [0.1, 0.15) is 43.2 Å². The second kappa shape index (κ2) is 12.9. The average Bonchev–Trinajstić information content (AvgIpc) is 2.73. The van der Waals surface area contributed by atoms with E-state index < -0.39 is 0 Å². The van der Waals surface area contributed by atoms with E-state index in [0.717, 1.165) is 57.6 Å². The van der Waals surface area contributed by atoms with Crippen molar-refractivity contribution in [1.82, 2.24) is 5.32 Å². The normalized spacial score (nSPS) is 19.0. The van der Waals surface area contributed by atoms with Gasteiger partial charge in [-0.3, -0.25) is 0 Å². The monoisotopic (exact) mass is 387 g/mol. The molecule has 0 heterocycles. The predicted molar refractivity (Wildman–Crippen MR) is 115 cm³/mol. The number of allylic oxidation sites excluding steroid dienone is 2. The Morgan fingerprint density at radius 1 is 1.04 bits per heavy atom. The summed E-state index contributed by atoms with van der Waals surface area (Å²) in [6.07, 6.45) is 12.3. The molecule has 1 atom stereocenters. The van der Waals surface area contributed by atoms with E-state index in [1.165, 1.54) is 24.0 Å². The van der Waals surface area contributed by atoms with Crippen molar-refractivity contribution in [3.8, 4) is 0 Å². The fraction of sp³-hybridized carbons (Fsp3) is 0.583. The Labute approximate surface area is 170 Å². The van der Waals surface area contributed by atoms with Gasteiger partial charge in [0.25, 0.3) is 0 Å². The molecular formula is C24H37NO3. The van der Waals surface area contributed by atoms with E-state index in [9.17, 15) is 10.2 Å². The second-order valence-corrected chi connectivity index (χ2v) is 7.98. The van der Waals surface area contributed by atoms with Gasteiger partial charge in [-0.15, -0.1) is 0 Å². The SMILES string of the molecule is Cc1ccc(CCOCCCCCCNCC2(CO)C=CC=C(CO)C2)cc1. The van der Waals surface area contributed by atoms with E-state index in [0.29, 0.717) is 0 Å². The zero-order valence-electron chi connectivity index (χ0n) is 17.3. The van der Waals surface area contributed by atoms with Gasteiger partial charge >= 0.3 is 0 Å². The van der Waals surface area contributed by atoms with Gasteiger partial charge in [-0.1, -0.05) is 60.9 Å². The number of aliphatic hydroxyl groups excluding tert-OH is 2. The van der Waals surface area contributed by atoms with Crippen LogP contribution in [-0.4, -0.2) is 49.7 Å². The van der Waals surface area contributed by atoms with Crippen LogP contribution in [0.2, 0.25) is 0 Å². The van der Waals surface area contributed by atoms with Crippen LogP contribution in [0.5, 0.6) is 0 Å². The molecule has 156 valence electrons. The molecule has 4 heteroatoms. The summed E-state index contributed by atoms with van der Waals surface area (Å²) < 4.78 is 5.75. The highest BCUT2D eigenvalue weighted by molar-refractivity contribution is 5.24. The van der Waals surface area contributed by atoms with Gasteiger partial charge in [0.05, 0.1) is 19.8 Å². The number of aliphatic hydroxyl groups is 2. The molecule has 1 aromatic carbocycles. The third-order valence-electron chi connectivity index (χ3n) is 5.40. The minimum Gasteiger partial charge on any atom is -0.395 e. The number of unbranched alkanes of at least 4 members (excludes halogenated alkanes) is 3. The molecule has 0 aliphatic heterocycles. The molecule has 0 aromatic heterocycles. The molecule has 1 aliphatic carbocycles. The third kappa shape index (κ3) is 8.27. The van der Waals surface area contributed by atoms with E-state index in [2.05, 4.69) is 42.6 Å². The molecule has 1 aliphatic rings.